The molecule has 2 unspecified atom stereocenters. The summed E-state index contributed by atoms with van der Waals surface area (Å²) in [5.74, 6) is 1.90. The first kappa shape index (κ1) is 25.1. The Morgan fingerprint density at radius 1 is 0.733 bits per heavy atom. The van der Waals surface area contributed by atoms with Gasteiger partial charge < -0.3 is 20.4 Å². The lowest BCUT2D eigenvalue weighted by atomic mass is 10.0. The first-order valence-corrected chi connectivity index (χ1v) is 12.5. The first-order chi connectivity index (χ1) is 14.5. The molecule has 30 heavy (non-hydrogen) atoms. The van der Waals surface area contributed by atoms with Gasteiger partial charge in [-0.3, -0.25) is 9.59 Å². The molecule has 6 nitrogen and oxygen atoms in total. The Labute approximate surface area is 184 Å². The van der Waals surface area contributed by atoms with Gasteiger partial charge >= 0.3 is 0 Å². The Morgan fingerprint density at radius 3 is 1.57 bits per heavy atom. The number of piperidine rings is 2. The summed E-state index contributed by atoms with van der Waals surface area (Å²) in [7, 11) is 0. The number of amides is 2. The summed E-state index contributed by atoms with van der Waals surface area (Å²) >= 11 is 0. The van der Waals surface area contributed by atoms with Crippen LogP contribution in [0.1, 0.15) is 78.1 Å². The van der Waals surface area contributed by atoms with Crippen molar-refractivity contribution in [3.05, 3.63) is 0 Å². The maximum atomic E-state index is 12.0. The normalized spacial score (nSPS) is 23.3. The van der Waals surface area contributed by atoms with Crippen LogP contribution < -0.4 is 10.6 Å². The van der Waals surface area contributed by atoms with E-state index in [2.05, 4.69) is 34.3 Å². The number of carbonyl (C=O) groups excluding carboxylic acids is 2. The Balaban J connectivity index is 1.35. The van der Waals surface area contributed by atoms with Crippen LogP contribution in [0.25, 0.3) is 0 Å². The van der Waals surface area contributed by atoms with E-state index in [1.165, 1.54) is 25.7 Å². The lowest BCUT2D eigenvalue weighted by Gasteiger charge is -2.30. The van der Waals surface area contributed by atoms with Crippen LogP contribution >= 0.6 is 0 Å². The van der Waals surface area contributed by atoms with Crippen molar-refractivity contribution >= 4 is 11.8 Å². The molecule has 2 aliphatic rings. The van der Waals surface area contributed by atoms with Crippen molar-refractivity contribution in [1.82, 2.24) is 20.4 Å². The Bertz CT molecular complexity index is 456. The predicted octanol–water partition coefficient (Wildman–Crippen LogP) is 3.02. The van der Waals surface area contributed by atoms with Gasteiger partial charge in [-0.2, -0.15) is 0 Å². The first-order valence-electron chi connectivity index (χ1n) is 12.5. The van der Waals surface area contributed by atoms with E-state index in [9.17, 15) is 9.59 Å². The number of unbranched alkanes of at least 4 members (excludes halogenated alkanes) is 3. The van der Waals surface area contributed by atoms with Gasteiger partial charge in [-0.1, -0.05) is 26.7 Å². The van der Waals surface area contributed by atoms with Crippen LogP contribution in [0.3, 0.4) is 0 Å². The van der Waals surface area contributed by atoms with Crippen molar-refractivity contribution in [2.24, 2.45) is 11.8 Å². The van der Waals surface area contributed by atoms with Crippen molar-refractivity contribution < 1.29 is 9.59 Å². The number of carbonyl (C=O) groups is 2. The van der Waals surface area contributed by atoms with Crippen LogP contribution in [-0.4, -0.2) is 74.0 Å². The van der Waals surface area contributed by atoms with E-state index in [1.54, 1.807) is 0 Å². The van der Waals surface area contributed by atoms with Gasteiger partial charge in [0.25, 0.3) is 0 Å². The zero-order chi connectivity index (χ0) is 21.6. The number of likely N-dealkylation sites (tertiary alicyclic amines) is 2. The van der Waals surface area contributed by atoms with E-state index in [0.29, 0.717) is 12.8 Å². The fourth-order valence-corrected chi connectivity index (χ4v) is 4.73. The van der Waals surface area contributed by atoms with E-state index in [4.69, 9.17) is 0 Å². The van der Waals surface area contributed by atoms with Crippen molar-refractivity contribution in [3.8, 4) is 0 Å². The van der Waals surface area contributed by atoms with Crippen molar-refractivity contribution in [3.63, 3.8) is 0 Å². The van der Waals surface area contributed by atoms with Gasteiger partial charge in [0.1, 0.15) is 0 Å². The summed E-state index contributed by atoms with van der Waals surface area (Å²) in [5, 5.41) is 6.11. The molecule has 0 aromatic carbocycles. The zero-order valence-corrected chi connectivity index (χ0v) is 19.6. The molecule has 2 aliphatic heterocycles. The van der Waals surface area contributed by atoms with Crippen molar-refractivity contribution in [2.75, 3.05) is 52.4 Å². The molecular formula is C24H46N4O2. The van der Waals surface area contributed by atoms with Gasteiger partial charge in [-0.05, 0) is 63.5 Å². The van der Waals surface area contributed by atoms with Gasteiger partial charge in [-0.15, -0.1) is 0 Å². The highest BCUT2D eigenvalue weighted by Crippen LogP contribution is 2.16. The highest BCUT2D eigenvalue weighted by Gasteiger charge is 2.17. The fraction of sp³-hybridized carbons (Fsp3) is 0.917. The second-order valence-corrected chi connectivity index (χ2v) is 9.71. The summed E-state index contributed by atoms with van der Waals surface area (Å²) < 4.78 is 0. The molecule has 0 aromatic rings. The molecule has 0 spiro atoms. The number of hydrogen-bond donors (Lipinski definition) is 2. The van der Waals surface area contributed by atoms with Crippen LogP contribution in [0.2, 0.25) is 0 Å². The molecule has 2 N–H and O–H groups in total. The summed E-state index contributed by atoms with van der Waals surface area (Å²) in [6, 6.07) is 0. The van der Waals surface area contributed by atoms with E-state index in [-0.39, 0.29) is 11.8 Å². The van der Waals surface area contributed by atoms with E-state index < -0.39 is 0 Å². The largest absolute Gasteiger partial charge is 0.356 e. The number of hydrogen-bond acceptors (Lipinski definition) is 4. The van der Waals surface area contributed by atoms with E-state index >= 15 is 0 Å². The SMILES string of the molecule is CC1CCCN(CCC(=O)NCCCCCCNC(=O)CCN2CCCC(C)C2)C1. The predicted molar refractivity (Wildman–Crippen MR) is 123 cm³/mol. The van der Waals surface area contributed by atoms with Gasteiger partial charge in [0.15, 0.2) is 0 Å². The van der Waals surface area contributed by atoms with Crippen LogP contribution in [0, 0.1) is 11.8 Å². The topological polar surface area (TPSA) is 64.7 Å². The number of nitrogens with zero attached hydrogens (tertiary/aromatic N) is 2. The highest BCUT2D eigenvalue weighted by atomic mass is 16.2. The van der Waals surface area contributed by atoms with E-state index in [0.717, 1.165) is 89.9 Å². The summed E-state index contributed by atoms with van der Waals surface area (Å²) in [5.41, 5.74) is 0. The summed E-state index contributed by atoms with van der Waals surface area (Å²) in [4.78, 5) is 28.8. The zero-order valence-electron chi connectivity index (χ0n) is 19.6. The van der Waals surface area contributed by atoms with Crippen LogP contribution in [0.4, 0.5) is 0 Å². The Morgan fingerprint density at radius 2 is 1.17 bits per heavy atom. The molecule has 0 radical (unpaired) electrons. The monoisotopic (exact) mass is 422 g/mol. The van der Waals surface area contributed by atoms with Crippen LogP contribution in [0.5, 0.6) is 0 Å². The van der Waals surface area contributed by atoms with Crippen LogP contribution in [0.15, 0.2) is 0 Å². The molecule has 2 fully saturated rings. The second-order valence-electron chi connectivity index (χ2n) is 9.71. The molecule has 2 atom stereocenters. The molecule has 0 aromatic heterocycles. The lowest BCUT2D eigenvalue weighted by molar-refractivity contribution is -0.122. The van der Waals surface area contributed by atoms with Gasteiger partial charge in [0, 0.05) is 52.1 Å². The molecule has 0 aliphatic carbocycles. The molecule has 2 heterocycles. The maximum Gasteiger partial charge on any atom is 0.221 e. The third kappa shape index (κ3) is 11.3. The Hall–Kier alpha value is -1.14. The molecule has 2 saturated heterocycles. The standard InChI is InChI=1S/C24H46N4O2/c1-21-9-7-15-27(19-21)17-11-23(29)25-13-5-3-4-6-14-26-24(30)12-18-28-16-8-10-22(2)20-28/h21-22H,3-20H2,1-2H3,(H,25,29)(H,26,30). The minimum Gasteiger partial charge on any atom is -0.356 e. The third-order valence-corrected chi connectivity index (χ3v) is 6.54. The molecule has 174 valence electrons. The highest BCUT2D eigenvalue weighted by molar-refractivity contribution is 5.76. The Kier molecular flexibility index (Phi) is 12.4. The third-order valence-electron chi connectivity index (χ3n) is 6.54. The molecule has 2 amide bonds. The minimum absolute atomic E-state index is 0.184. The molecule has 6 heteroatoms. The average Bonchev–Trinajstić information content (AvgIpc) is 2.73. The van der Waals surface area contributed by atoms with Gasteiger partial charge in [0.05, 0.1) is 0 Å². The summed E-state index contributed by atoms with van der Waals surface area (Å²) in [6.45, 7) is 12.5. The maximum absolute atomic E-state index is 12.0. The average molecular weight is 423 g/mol. The number of rotatable bonds is 13. The molecular weight excluding hydrogens is 376 g/mol. The minimum atomic E-state index is 0.184. The van der Waals surface area contributed by atoms with Crippen molar-refractivity contribution in [2.45, 2.75) is 78.1 Å². The lowest BCUT2D eigenvalue weighted by Crippen LogP contribution is -2.37. The van der Waals surface area contributed by atoms with E-state index in [1.807, 2.05) is 0 Å². The second kappa shape index (κ2) is 14.8. The van der Waals surface area contributed by atoms with Gasteiger partial charge in [-0.25, -0.2) is 0 Å². The molecule has 0 bridgehead atoms. The summed E-state index contributed by atoms with van der Waals surface area (Å²) in [6.07, 6.45) is 10.7. The smallest absolute Gasteiger partial charge is 0.221 e. The number of nitrogens with one attached hydrogen (secondary N) is 2. The fourth-order valence-electron chi connectivity index (χ4n) is 4.73. The molecule has 0 saturated carbocycles. The van der Waals surface area contributed by atoms with Crippen molar-refractivity contribution in [1.29, 1.82) is 0 Å². The quantitative estimate of drug-likeness (QED) is 0.448. The van der Waals surface area contributed by atoms with Gasteiger partial charge in [0.2, 0.25) is 11.8 Å². The molecule has 2 rings (SSSR count). The van der Waals surface area contributed by atoms with Crippen LogP contribution in [-0.2, 0) is 9.59 Å².